The molecule has 1 amide bonds. The van der Waals surface area contributed by atoms with E-state index in [4.69, 9.17) is 9.47 Å². The summed E-state index contributed by atoms with van der Waals surface area (Å²) in [6, 6.07) is 7.70. The van der Waals surface area contributed by atoms with Crippen LogP contribution in [0, 0.1) is 0 Å². The Hall–Kier alpha value is -2.54. The zero-order valence-corrected chi connectivity index (χ0v) is 14.0. The standard InChI is InChI=1S/C18H22N4O3/c23-18(20-9-13-3-4-16-17(8-13)25-12-24-16)11-22-7-5-15(21-22)14-2-1-6-19-10-14/h3-5,7-8,14,19H,1-2,6,9-12H2,(H,20,23)/t14-/m1/s1. The summed E-state index contributed by atoms with van der Waals surface area (Å²) in [5.41, 5.74) is 2.04. The van der Waals surface area contributed by atoms with Gasteiger partial charge in [-0.15, -0.1) is 0 Å². The lowest BCUT2D eigenvalue weighted by atomic mass is 9.97. The highest BCUT2D eigenvalue weighted by Gasteiger charge is 2.18. The molecule has 2 aromatic rings. The minimum Gasteiger partial charge on any atom is -0.454 e. The van der Waals surface area contributed by atoms with Gasteiger partial charge in [0.25, 0.3) is 0 Å². The molecule has 2 aliphatic rings. The van der Waals surface area contributed by atoms with E-state index >= 15 is 0 Å². The van der Waals surface area contributed by atoms with Crippen molar-refractivity contribution >= 4 is 5.91 Å². The molecule has 7 heteroatoms. The number of hydrogen-bond acceptors (Lipinski definition) is 5. The average molecular weight is 342 g/mol. The number of amides is 1. The van der Waals surface area contributed by atoms with Crippen molar-refractivity contribution < 1.29 is 14.3 Å². The summed E-state index contributed by atoms with van der Waals surface area (Å²) >= 11 is 0. The lowest BCUT2D eigenvalue weighted by Crippen LogP contribution is -2.29. The molecule has 4 rings (SSSR count). The van der Waals surface area contributed by atoms with Crippen LogP contribution in [0.2, 0.25) is 0 Å². The van der Waals surface area contributed by atoms with Gasteiger partial charge in [-0.05, 0) is 43.1 Å². The molecular weight excluding hydrogens is 320 g/mol. The van der Waals surface area contributed by atoms with Gasteiger partial charge in [0.1, 0.15) is 6.54 Å². The molecule has 2 N–H and O–H groups in total. The summed E-state index contributed by atoms with van der Waals surface area (Å²) in [5, 5.41) is 10.9. The SMILES string of the molecule is O=C(Cn1ccc([C@@H]2CCCNC2)n1)NCc1ccc2c(c1)OCO2. The van der Waals surface area contributed by atoms with E-state index in [-0.39, 0.29) is 19.2 Å². The molecule has 0 radical (unpaired) electrons. The van der Waals surface area contributed by atoms with Crippen molar-refractivity contribution in [2.24, 2.45) is 0 Å². The highest BCUT2D eigenvalue weighted by Crippen LogP contribution is 2.32. The van der Waals surface area contributed by atoms with Crippen LogP contribution in [0.25, 0.3) is 0 Å². The number of hydrogen-bond donors (Lipinski definition) is 2. The fraction of sp³-hybridized carbons (Fsp3) is 0.444. The normalized spacial score (nSPS) is 19.0. The van der Waals surface area contributed by atoms with Crippen LogP contribution < -0.4 is 20.1 Å². The smallest absolute Gasteiger partial charge is 0.241 e. The fourth-order valence-electron chi connectivity index (χ4n) is 3.24. The van der Waals surface area contributed by atoms with Crippen LogP contribution in [0.5, 0.6) is 11.5 Å². The molecule has 0 aliphatic carbocycles. The van der Waals surface area contributed by atoms with Gasteiger partial charge >= 0.3 is 0 Å². The van der Waals surface area contributed by atoms with E-state index in [1.54, 1.807) is 4.68 Å². The van der Waals surface area contributed by atoms with E-state index < -0.39 is 0 Å². The van der Waals surface area contributed by atoms with Crippen molar-refractivity contribution in [3.8, 4) is 11.5 Å². The van der Waals surface area contributed by atoms with Gasteiger partial charge in [0.05, 0.1) is 5.69 Å². The molecule has 0 saturated carbocycles. The topological polar surface area (TPSA) is 77.4 Å². The van der Waals surface area contributed by atoms with E-state index in [2.05, 4.69) is 15.7 Å². The second kappa shape index (κ2) is 7.14. The monoisotopic (exact) mass is 342 g/mol. The predicted molar refractivity (Wildman–Crippen MR) is 91.5 cm³/mol. The largest absolute Gasteiger partial charge is 0.454 e. The third kappa shape index (κ3) is 3.76. The van der Waals surface area contributed by atoms with Crippen molar-refractivity contribution in [2.45, 2.75) is 31.8 Å². The molecule has 0 spiro atoms. The molecular formula is C18H22N4O3. The van der Waals surface area contributed by atoms with Crippen LogP contribution in [-0.2, 0) is 17.9 Å². The van der Waals surface area contributed by atoms with Crippen LogP contribution in [-0.4, -0.2) is 35.6 Å². The Morgan fingerprint density at radius 3 is 3.12 bits per heavy atom. The lowest BCUT2D eigenvalue weighted by molar-refractivity contribution is -0.122. The number of benzene rings is 1. The van der Waals surface area contributed by atoms with Crippen molar-refractivity contribution in [2.75, 3.05) is 19.9 Å². The molecule has 0 bridgehead atoms. The van der Waals surface area contributed by atoms with Gasteiger partial charge in [0, 0.05) is 25.2 Å². The molecule has 1 aromatic heterocycles. The lowest BCUT2D eigenvalue weighted by Gasteiger charge is -2.20. The third-order valence-corrected chi connectivity index (χ3v) is 4.61. The Balaban J connectivity index is 1.29. The first-order valence-electron chi connectivity index (χ1n) is 8.67. The minimum absolute atomic E-state index is 0.0610. The van der Waals surface area contributed by atoms with E-state index in [1.165, 1.54) is 6.42 Å². The van der Waals surface area contributed by atoms with Crippen molar-refractivity contribution in [3.63, 3.8) is 0 Å². The number of nitrogens with one attached hydrogen (secondary N) is 2. The summed E-state index contributed by atoms with van der Waals surface area (Å²) in [6.45, 7) is 2.98. The molecule has 1 saturated heterocycles. The number of rotatable bonds is 5. The Bertz CT molecular complexity index is 753. The van der Waals surface area contributed by atoms with Crippen molar-refractivity contribution in [1.29, 1.82) is 0 Å². The molecule has 1 atom stereocenters. The quantitative estimate of drug-likeness (QED) is 0.859. The second-order valence-corrected chi connectivity index (χ2v) is 6.45. The van der Waals surface area contributed by atoms with Gasteiger partial charge in [0.2, 0.25) is 12.7 Å². The average Bonchev–Trinajstić information content (AvgIpc) is 3.29. The molecule has 2 aliphatic heterocycles. The zero-order chi connectivity index (χ0) is 17.1. The Morgan fingerprint density at radius 1 is 1.32 bits per heavy atom. The summed E-state index contributed by atoms with van der Waals surface area (Å²) < 4.78 is 12.3. The van der Waals surface area contributed by atoms with Gasteiger partial charge in [-0.2, -0.15) is 5.10 Å². The molecule has 3 heterocycles. The first-order valence-corrected chi connectivity index (χ1v) is 8.67. The van der Waals surface area contributed by atoms with Crippen LogP contribution in [0.3, 0.4) is 0 Å². The van der Waals surface area contributed by atoms with Gasteiger partial charge in [-0.25, -0.2) is 0 Å². The number of nitrogens with zero attached hydrogens (tertiary/aromatic N) is 2. The first kappa shape index (κ1) is 16.0. The summed E-state index contributed by atoms with van der Waals surface area (Å²) in [5.74, 6) is 1.86. The maximum atomic E-state index is 12.2. The maximum Gasteiger partial charge on any atom is 0.241 e. The van der Waals surface area contributed by atoms with E-state index in [9.17, 15) is 4.79 Å². The molecule has 7 nitrogen and oxygen atoms in total. The zero-order valence-electron chi connectivity index (χ0n) is 14.0. The summed E-state index contributed by atoms with van der Waals surface area (Å²) in [7, 11) is 0. The van der Waals surface area contributed by atoms with E-state index in [0.29, 0.717) is 12.5 Å². The number of carbonyl (C=O) groups is 1. The van der Waals surface area contributed by atoms with Crippen LogP contribution in [0.4, 0.5) is 0 Å². The van der Waals surface area contributed by atoms with Crippen molar-refractivity contribution in [3.05, 3.63) is 41.7 Å². The van der Waals surface area contributed by atoms with Crippen LogP contribution in [0.15, 0.2) is 30.5 Å². The van der Waals surface area contributed by atoms with Crippen LogP contribution >= 0.6 is 0 Å². The van der Waals surface area contributed by atoms with E-state index in [1.807, 2.05) is 30.5 Å². The highest BCUT2D eigenvalue weighted by molar-refractivity contribution is 5.75. The van der Waals surface area contributed by atoms with Crippen LogP contribution in [0.1, 0.15) is 30.0 Å². The molecule has 132 valence electrons. The van der Waals surface area contributed by atoms with E-state index in [0.717, 1.165) is 42.3 Å². The summed E-state index contributed by atoms with van der Waals surface area (Å²) in [4.78, 5) is 12.2. The summed E-state index contributed by atoms with van der Waals surface area (Å²) in [6.07, 6.45) is 4.21. The third-order valence-electron chi connectivity index (χ3n) is 4.61. The number of piperidine rings is 1. The molecule has 25 heavy (non-hydrogen) atoms. The molecule has 1 aromatic carbocycles. The Kier molecular flexibility index (Phi) is 4.56. The Morgan fingerprint density at radius 2 is 2.24 bits per heavy atom. The number of fused-ring (bicyclic) bond motifs is 1. The molecule has 1 fully saturated rings. The number of ether oxygens (including phenoxy) is 2. The number of aromatic nitrogens is 2. The highest BCUT2D eigenvalue weighted by atomic mass is 16.7. The van der Waals surface area contributed by atoms with Gasteiger partial charge in [-0.1, -0.05) is 6.07 Å². The Labute approximate surface area is 146 Å². The van der Waals surface area contributed by atoms with Gasteiger partial charge < -0.3 is 20.1 Å². The predicted octanol–water partition coefficient (Wildman–Crippen LogP) is 1.40. The molecule has 0 unspecified atom stereocenters. The van der Waals surface area contributed by atoms with Crippen molar-refractivity contribution in [1.82, 2.24) is 20.4 Å². The van der Waals surface area contributed by atoms with Gasteiger partial charge in [0.15, 0.2) is 11.5 Å². The minimum atomic E-state index is -0.0610. The first-order chi connectivity index (χ1) is 12.3. The van der Waals surface area contributed by atoms with Gasteiger partial charge in [-0.3, -0.25) is 9.48 Å². The maximum absolute atomic E-state index is 12.2. The fourth-order valence-corrected chi connectivity index (χ4v) is 3.24. The number of carbonyl (C=O) groups excluding carboxylic acids is 1. The second-order valence-electron chi connectivity index (χ2n) is 6.45.